The van der Waals surface area contributed by atoms with Crippen LogP contribution in [0.25, 0.3) is 0 Å². The molecule has 1 amide bonds. The first-order chi connectivity index (χ1) is 12.6. The number of aromatic nitrogens is 5. The number of likely N-dealkylation sites (tertiary alicyclic amines) is 1. The number of nitrogens with one attached hydrogen (secondary N) is 1. The molecule has 1 fully saturated rings. The van der Waals surface area contributed by atoms with E-state index in [1.807, 2.05) is 11.1 Å². The number of nitrogens with zero attached hydrogens (tertiary/aromatic N) is 5. The molecular weight excluding hydrogens is 332 g/mol. The van der Waals surface area contributed by atoms with Crippen LogP contribution in [-0.4, -0.2) is 48.4 Å². The summed E-state index contributed by atoms with van der Waals surface area (Å²) in [6, 6.07) is 0. The molecule has 140 valence electrons. The number of H-pyrrole nitrogens is 1. The zero-order valence-corrected chi connectivity index (χ0v) is 15.4. The van der Waals surface area contributed by atoms with E-state index in [-0.39, 0.29) is 17.5 Å². The van der Waals surface area contributed by atoms with Gasteiger partial charge in [-0.25, -0.2) is 9.48 Å². The highest BCUT2D eigenvalue weighted by Crippen LogP contribution is 2.30. The lowest BCUT2D eigenvalue weighted by Gasteiger charge is -2.35. The summed E-state index contributed by atoms with van der Waals surface area (Å²) >= 11 is 0. The van der Waals surface area contributed by atoms with E-state index in [1.54, 1.807) is 11.6 Å². The average Bonchev–Trinajstić information content (AvgIpc) is 3.26. The Morgan fingerprint density at radius 2 is 2.08 bits per heavy atom. The van der Waals surface area contributed by atoms with E-state index in [9.17, 15) is 9.59 Å². The lowest BCUT2D eigenvalue weighted by atomic mass is 9.89. The first-order valence-electron chi connectivity index (χ1n) is 9.52. The third kappa shape index (κ3) is 2.87. The molecule has 1 saturated heterocycles. The SMILES string of the molecule is CCc1cn[nH]c1C1CCN(C(=O)[C@@H]2CCc3nn(C)c(=O)n3C2)CC1. The predicted octanol–water partition coefficient (Wildman–Crippen LogP) is 0.836. The first kappa shape index (κ1) is 17.1. The largest absolute Gasteiger partial charge is 0.345 e. The maximum absolute atomic E-state index is 13.0. The fourth-order valence-electron chi connectivity index (χ4n) is 4.34. The zero-order chi connectivity index (χ0) is 18.3. The van der Waals surface area contributed by atoms with Gasteiger partial charge in [0.05, 0.1) is 12.1 Å². The van der Waals surface area contributed by atoms with Crippen molar-refractivity contribution < 1.29 is 4.79 Å². The molecule has 0 saturated carbocycles. The van der Waals surface area contributed by atoms with Crippen LogP contribution in [0.3, 0.4) is 0 Å². The Morgan fingerprint density at radius 3 is 2.81 bits per heavy atom. The third-order valence-electron chi connectivity index (χ3n) is 5.90. The molecule has 0 aromatic carbocycles. The highest BCUT2D eigenvalue weighted by atomic mass is 16.2. The summed E-state index contributed by atoms with van der Waals surface area (Å²) in [5.41, 5.74) is 2.40. The second-order valence-electron chi connectivity index (χ2n) is 7.43. The molecule has 1 atom stereocenters. The van der Waals surface area contributed by atoms with Crippen molar-refractivity contribution in [3.05, 3.63) is 33.8 Å². The number of hydrogen-bond donors (Lipinski definition) is 1. The summed E-state index contributed by atoms with van der Waals surface area (Å²) in [6.07, 6.45) is 6.29. The van der Waals surface area contributed by atoms with Crippen LogP contribution in [0, 0.1) is 5.92 Å². The standard InChI is InChI=1S/C18H26N6O2/c1-3-12-10-19-20-16(12)13-6-8-23(9-7-13)17(25)14-4-5-15-21-22(2)18(26)24(15)11-14/h10,13-14H,3-9,11H2,1-2H3,(H,19,20)/t14-/m1/s1. The highest BCUT2D eigenvalue weighted by molar-refractivity contribution is 5.79. The fourth-order valence-corrected chi connectivity index (χ4v) is 4.34. The van der Waals surface area contributed by atoms with Gasteiger partial charge < -0.3 is 4.90 Å². The minimum absolute atomic E-state index is 0.112. The Labute approximate surface area is 152 Å². The topological polar surface area (TPSA) is 88.8 Å². The second-order valence-corrected chi connectivity index (χ2v) is 7.43. The van der Waals surface area contributed by atoms with E-state index in [4.69, 9.17) is 0 Å². The second kappa shape index (κ2) is 6.74. The predicted molar refractivity (Wildman–Crippen MR) is 95.8 cm³/mol. The van der Waals surface area contributed by atoms with Crippen LogP contribution in [0.15, 0.2) is 11.0 Å². The summed E-state index contributed by atoms with van der Waals surface area (Å²) in [7, 11) is 1.66. The molecule has 8 heteroatoms. The molecule has 2 aromatic heterocycles. The van der Waals surface area contributed by atoms with Crippen LogP contribution in [0.5, 0.6) is 0 Å². The van der Waals surface area contributed by atoms with Gasteiger partial charge in [-0.05, 0) is 31.2 Å². The number of aromatic amines is 1. The summed E-state index contributed by atoms with van der Waals surface area (Å²) in [5.74, 6) is 1.33. The Hall–Kier alpha value is -2.38. The van der Waals surface area contributed by atoms with Crippen LogP contribution in [-0.2, 0) is 31.2 Å². The van der Waals surface area contributed by atoms with Crippen molar-refractivity contribution in [3.63, 3.8) is 0 Å². The number of fused-ring (bicyclic) bond motifs is 1. The molecule has 2 aliphatic heterocycles. The van der Waals surface area contributed by atoms with Gasteiger partial charge in [0, 0.05) is 44.7 Å². The molecule has 0 aliphatic carbocycles. The van der Waals surface area contributed by atoms with E-state index in [0.29, 0.717) is 18.9 Å². The molecule has 0 unspecified atom stereocenters. The zero-order valence-electron chi connectivity index (χ0n) is 15.4. The van der Waals surface area contributed by atoms with Crippen LogP contribution in [0.1, 0.15) is 49.2 Å². The minimum atomic E-state index is -0.123. The number of aryl methyl sites for hydroxylation is 3. The third-order valence-corrected chi connectivity index (χ3v) is 5.90. The van der Waals surface area contributed by atoms with Crippen LogP contribution in [0.2, 0.25) is 0 Å². The quantitative estimate of drug-likeness (QED) is 0.880. The van der Waals surface area contributed by atoms with Crippen LogP contribution >= 0.6 is 0 Å². The smallest absolute Gasteiger partial charge is 0.342 e. The minimum Gasteiger partial charge on any atom is -0.342 e. The molecular formula is C18H26N6O2. The summed E-state index contributed by atoms with van der Waals surface area (Å²) < 4.78 is 3.03. The monoisotopic (exact) mass is 358 g/mol. The molecule has 1 N–H and O–H groups in total. The number of carbonyl (C=O) groups is 1. The molecule has 0 spiro atoms. The van der Waals surface area contributed by atoms with Crippen molar-refractivity contribution in [3.8, 4) is 0 Å². The number of piperidine rings is 1. The summed E-state index contributed by atoms with van der Waals surface area (Å²) in [6.45, 7) is 4.15. The normalized spacial score (nSPS) is 21.0. The van der Waals surface area contributed by atoms with Gasteiger partial charge in [0.2, 0.25) is 5.91 Å². The molecule has 0 bridgehead atoms. The number of carbonyl (C=O) groups excluding carboxylic acids is 1. The molecule has 2 aliphatic rings. The molecule has 2 aromatic rings. The molecule has 0 radical (unpaired) electrons. The van der Waals surface area contributed by atoms with Crippen molar-refractivity contribution in [2.45, 2.75) is 51.5 Å². The van der Waals surface area contributed by atoms with Crippen molar-refractivity contribution >= 4 is 5.91 Å². The Kier molecular flexibility index (Phi) is 4.42. The lowest BCUT2D eigenvalue weighted by molar-refractivity contribution is -0.137. The Bertz CT molecular complexity index is 855. The summed E-state index contributed by atoms with van der Waals surface area (Å²) in [4.78, 5) is 27.1. The average molecular weight is 358 g/mol. The van der Waals surface area contributed by atoms with Gasteiger partial charge in [0.1, 0.15) is 5.82 Å². The van der Waals surface area contributed by atoms with Crippen LogP contribution in [0.4, 0.5) is 0 Å². The van der Waals surface area contributed by atoms with Crippen molar-refractivity contribution in [1.82, 2.24) is 29.4 Å². The van der Waals surface area contributed by atoms with Crippen LogP contribution < -0.4 is 5.69 Å². The Balaban J connectivity index is 1.40. The van der Waals surface area contributed by atoms with E-state index in [2.05, 4.69) is 22.2 Å². The number of amides is 1. The molecule has 8 nitrogen and oxygen atoms in total. The maximum Gasteiger partial charge on any atom is 0.345 e. The highest BCUT2D eigenvalue weighted by Gasteiger charge is 2.33. The van der Waals surface area contributed by atoms with Crippen molar-refractivity contribution in [2.24, 2.45) is 13.0 Å². The van der Waals surface area contributed by atoms with Gasteiger partial charge >= 0.3 is 5.69 Å². The van der Waals surface area contributed by atoms with E-state index in [0.717, 1.165) is 44.6 Å². The fraction of sp³-hybridized carbons (Fsp3) is 0.667. The van der Waals surface area contributed by atoms with E-state index < -0.39 is 0 Å². The van der Waals surface area contributed by atoms with E-state index >= 15 is 0 Å². The lowest BCUT2D eigenvalue weighted by Crippen LogP contribution is -2.44. The van der Waals surface area contributed by atoms with Crippen molar-refractivity contribution in [1.29, 1.82) is 0 Å². The maximum atomic E-state index is 13.0. The first-order valence-corrected chi connectivity index (χ1v) is 9.52. The number of rotatable bonds is 3. The van der Waals surface area contributed by atoms with Gasteiger partial charge in [-0.3, -0.25) is 14.5 Å². The van der Waals surface area contributed by atoms with Gasteiger partial charge in [-0.15, -0.1) is 0 Å². The Morgan fingerprint density at radius 1 is 1.31 bits per heavy atom. The van der Waals surface area contributed by atoms with Gasteiger partial charge in [0.15, 0.2) is 0 Å². The number of hydrogen-bond acceptors (Lipinski definition) is 4. The van der Waals surface area contributed by atoms with Gasteiger partial charge in [-0.1, -0.05) is 6.92 Å². The van der Waals surface area contributed by atoms with Gasteiger partial charge in [0.25, 0.3) is 0 Å². The summed E-state index contributed by atoms with van der Waals surface area (Å²) in [5, 5.41) is 11.6. The molecule has 4 heterocycles. The molecule has 4 rings (SSSR count). The van der Waals surface area contributed by atoms with E-state index in [1.165, 1.54) is 15.9 Å². The molecule has 26 heavy (non-hydrogen) atoms. The van der Waals surface area contributed by atoms with Gasteiger partial charge in [-0.2, -0.15) is 10.2 Å². The van der Waals surface area contributed by atoms with Crippen molar-refractivity contribution in [2.75, 3.05) is 13.1 Å².